The number of aryl methyl sites for hydroxylation is 2. The van der Waals surface area contributed by atoms with E-state index in [2.05, 4.69) is 20.6 Å². The highest BCUT2D eigenvalue weighted by Crippen LogP contribution is 2.15. The van der Waals surface area contributed by atoms with Gasteiger partial charge in [-0.3, -0.25) is 4.79 Å². The molecule has 19 heavy (non-hydrogen) atoms. The van der Waals surface area contributed by atoms with Crippen molar-refractivity contribution in [2.45, 2.75) is 26.8 Å². The number of anilines is 1. The van der Waals surface area contributed by atoms with Crippen molar-refractivity contribution >= 4 is 17.3 Å². The summed E-state index contributed by atoms with van der Waals surface area (Å²) >= 11 is 5.98. The quantitative estimate of drug-likeness (QED) is 0.889. The molecular formula is C11H14ClN5O2. The number of halogens is 1. The van der Waals surface area contributed by atoms with Gasteiger partial charge in [-0.15, -0.1) is 0 Å². The predicted octanol–water partition coefficient (Wildman–Crippen LogP) is 1.26. The molecule has 0 aromatic carbocycles. The molecule has 8 heteroatoms. The number of nitrogens with zero attached hydrogens (tertiary/aromatic N) is 4. The second kappa shape index (κ2) is 5.83. The van der Waals surface area contributed by atoms with Crippen LogP contribution in [0.5, 0.6) is 0 Å². The molecule has 7 nitrogen and oxygen atoms in total. The Kier molecular flexibility index (Phi) is 4.16. The van der Waals surface area contributed by atoms with Crippen LogP contribution in [0.15, 0.2) is 15.5 Å². The first-order valence-corrected chi connectivity index (χ1v) is 6.28. The Morgan fingerprint density at radius 3 is 2.95 bits per heavy atom. The molecule has 0 aliphatic heterocycles. The smallest absolute Gasteiger partial charge is 0.287 e. The highest BCUT2D eigenvalue weighted by molar-refractivity contribution is 6.32. The van der Waals surface area contributed by atoms with Crippen LogP contribution in [0, 0.1) is 6.92 Å². The van der Waals surface area contributed by atoms with Crippen LogP contribution in [0.2, 0.25) is 5.02 Å². The molecule has 0 amide bonds. The zero-order valence-electron chi connectivity index (χ0n) is 10.7. The Labute approximate surface area is 114 Å². The molecule has 102 valence electrons. The number of rotatable bonds is 5. The summed E-state index contributed by atoms with van der Waals surface area (Å²) in [7, 11) is 0. The van der Waals surface area contributed by atoms with E-state index >= 15 is 0 Å². The summed E-state index contributed by atoms with van der Waals surface area (Å²) in [5.41, 5.74) is 0.204. The molecule has 0 spiro atoms. The zero-order valence-corrected chi connectivity index (χ0v) is 11.4. The van der Waals surface area contributed by atoms with Crippen molar-refractivity contribution in [1.29, 1.82) is 0 Å². The Bertz CT molecular complexity index is 622. The van der Waals surface area contributed by atoms with E-state index in [9.17, 15) is 4.79 Å². The lowest BCUT2D eigenvalue weighted by Crippen LogP contribution is -2.23. The molecule has 0 aliphatic rings. The summed E-state index contributed by atoms with van der Waals surface area (Å²) in [5, 5.41) is 10.8. The van der Waals surface area contributed by atoms with Gasteiger partial charge >= 0.3 is 0 Å². The van der Waals surface area contributed by atoms with E-state index < -0.39 is 0 Å². The highest BCUT2D eigenvalue weighted by Gasteiger charge is 2.08. The van der Waals surface area contributed by atoms with Crippen LogP contribution in [0.1, 0.15) is 18.6 Å². The third kappa shape index (κ3) is 3.11. The van der Waals surface area contributed by atoms with Gasteiger partial charge in [-0.25, -0.2) is 4.68 Å². The summed E-state index contributed by atoms with van der Waals surface area (Å²) in [6, 6.07) is 0. The third-order valence-corrected chi connectivity index (χ3v) is 2.87. The van der Waals surface area contributed by atoms with Gasteiger partial charge in [-0.1, -0.05) is 16.8 Å². The van der Waals surface area contributed by atoms with Gasteiger partial charge < -0.3 is 9.84 Å². The second-order valence-electron chi connectivity index (χ2n) is 3.91. The van der Waals surface area contributed by atoms with Crippen LogP contribution in [0.3, 0.4) is 0 Å². The van der Waals surface area contributed by atoms with Crippen LogP contribution in [0.4, 0.5) is 5.69 Å². The van der Waals surface area contributed by atoms with Crippen molar-refractivity contribution in [2.24, 2.45) is 0 Å². The lowest BCUT2D eigenvalue weighted by Gasteiger charge is -2.08. The molecule has 0 radical (unpaired) electrons. The third-order valence-electron chi connectivity index (χ3n) is 2.51. The van der Waals surface area contributed by atoms with E-state index in [4.69, 9.17) is 16.1 Å². The minimum atomic E-state index is -0.303. The van der Waals surface area contributed by atoms with Gasteiger partial charge in [-0.2, -0.15) is 10.1 Å². The number of hydrogen-bond acceptors (Lipinski definition) is 6. The minimum Gasteiger partial charge on any atom is -0.382 e. The maximum Gasteiger partial charge on any atom is 0.287 e. The lowest BCUT2D eigenvalue weighted by molar-refractivity contribution is 0.377. The zero-order chi connectivity index (χ0) is 13.8. The van der Waals surface area contributed by atoms with Crippen molar-refractivity contribution in [3.8, 4) is 0 Å². The number of nitrogens with one attached hydrogen (secondary N) is 1. The molecule has 1 N–H and O–H groups in total. The molecule has 2 aromatic heterocycles. The molecule has 2 heterocycles. The maximum absolute atomic E-state index is 11.7. The fourth-order valence-electron chi connectivity index (χ4n) is 1.56. The van der Waals surface area contributed by atoms with E-state index in [1.807, 2.05) is 6.92 Å². The van der Waals surface area contributed by atoms with Gasteiger partial charge in [0.15, 0.2) is 5.82 Å². The molecule has 0 saturated carbocycles. The number of aromatic nitrogens is 4. The van der Waals surface area contributed by atoms with Crippen molar-refractivity contribution in [3.63, 3.8) is 0 Å². The average molecular weight is 284 g/mol. The minimum absolute atomic E-state index is 0.138. The Morgan fingerprint density at radius 1 is 1.53 bits per heavy atom. The van der Waals surface area contributed by atoms with Crippen LogP contribution in [0.25, 0.3) is 0 Å². The second-order valence-corrected chi connectivity index (χ2v) is 4.28. The standard InChI is InChI=1S/C11H14ClN5O2/c1-3-17-11(18)10(12)8(6-14-17)13-5-4-9-15-7(2)16-19-9/h6,13H,3-5H2,1-2H3. The fourth-order valence-corrected chi connectivity index (χ4v) is 1.77. The molecule has 0 unspecified atom stereocenters. The molecule has 0 saturated heterocycles. The number of hydrogen-bond donors (Lipinski definition) is 1. The van der Waals surface area contributed by atoms with Gasteiger partial charge in [0, 0.05) is 19.5 Å². The van der Waals surface area contributed by atoms with Crippen LogP contribution in [-0.4, -0.2) is 26.5 Å². The van der Waals surface area contributed by atoms with Gasteiger partial charge in [0.2, 0.25) is 5.89 Å². The topological polar surface area (TPSA) is 85.8 Å². The first-order valence-electron chi connectivity index (χ1n) is 5.90. The molecule has 0 fully saturated rings. The SMILES string of the molecule is CCn1ncc(NCCc2nc(C)no2)c(Cl)c1=O. The first kappa shape index (κ1) is 13.5. The normalized spacial score (nSPS) is 10.7. The van der Waals surface area contributed by atoms with E-state index in [0.717, 1.165) is 0 Å². The Balaban J connectivity index is 2.00. The largest absolute Gasteiger partial charge is 0.382 e. The van der Waals surface area contributed by atoms with Crippen molar-refractivity contribution in [2.75, 3.05) is 11.9 Å². The molecule has 0 bridgehead atoms. The summed E-state index contributed by atoms with van der Waals surface area (Å²) in [6.45, 7) is 4.60. The van der Waals surface area contributed by atoms with Gasteiger partial charge in [0.05, 0.1) is 11.9 Å². The lowest BCUT2D eigenvalue weighted by atomic mass is 10.4. The summed E-state index contributed by atoms with van der Waals surface area (Å²) < 4.78 is 6.28. The van der Waals surface area contributed by atoms with Gasteiger partial charge in [0.1, 0.15) is 5.02 Å². The van der Waals surface area contributed by atoms with E-state index in [-0.39, 0.29) is 10.6 Å². The fraction of sp³-hybridized carbons (Fsp3) is 0.455. The predicted molar refractivity (Wildman–Crippen MR) is 70.4 cm³/mol. The monoisotopic (exact) mass is 283 g/mol. The van der Waals surface area contributed by atoms with Crippen molar-refractivity contribution in [3.05, 3.63) is 33.3 Å². The van der Waals surface area contributed by atoms with Crippen LogP contribution >= 0.6 is 11.6 Å². The summed E-state index contributed by atoms with van der Waals surface area (Å²) in [5.74, 6) is 1.14. The van der Waals surface area contributed by atoms with E-state index in [1.54, 1.807) is 6.92 Å². The van der Waals surface area contributed by atoms with E-state index in [1.165, 1.54) is 10.9 Å². The summed E-state index contributed by atoms with van der Waals surface area (Å²) in [4.78, 5) is 15.8. The first-order chi connectivity index (χ1) is 9.11. The molecule has 0 atom stereocenters. The van der Waals surface area contributed by atoms with Gasteiger partial charge in [-0.05, 0) is 13.8 Å². The van der Waals surface area contributed by atoms with Gasteiger partial charge in [0.25, 0.3) is 5.56 Å². The Hall–Kier alpha value is -1.89. The molecular weight excluding hydrogens is 270 g/mol. The molecule has 2 rings (SSSR count). The molecule has 0 aliphatic carbocycles. The highest BCUT2D eigenvalue weighted by atomic mass is 35.5. The van der Waals surface area contributed by atoms with Crippen molar-refractivity contribution < 1.29 is 4.52 Å². The summed E-state index contributed by atoms with van der Waals surface area (Å²) in [6.07, 6.45) is 2.08. The van der Waals surface area contributed by atoms with Crippen LogP contribution < -0.4 is 10.9 Å². The maximum atomic E-state index is 11.7. The van der Waals surface area contributed by atoms with E-state index in [0.29, 0.717) is 36.9 Å². The average Bonchev–Trinajstić information content (AvgIpc) is 2.81. The van der Waals surface area contributed by atoms with Crippen molar-refractivity contribution in [1.82, 2.24) is 19.9 Å². The van der Waals surface area contributed by atoms with Crippen LogP contribution in [-0.2, 0) is 13.0 Å². The molecule has 2 aromatic rings. The Morgan fingerprint density at radius 2 is 2.32 bits per heavy atom.